The zero-order valence-electron chi connectivity index (χ0n) is 4.73. The second-order valence-corrected chi connectivity index (χ2v) is 1.25. The van der Waals surface area contributed by atoms with E-state index >= 15 is 0 Å². The number of carbonyl (C=O) groups excluding carboxylic acids is 1. The Morgan fingerprint density at radius 2 is 2.50 bits per heavy atom. The molecule has 47 valence electrons. The van der Waals surface area contributed by atoms with Crippen molar-refractivity contribution in [1.29, 1.82) is 0 Å². The highest BCUT2D eigenvalue weighted by atomic mass is 16.5. The van der Waals surface area contributed by atoms with Gasteiger partial charge in [0.2, 0.25) is 0 Å². The average Bonchev–Trinajstić information content (AvgIpc) is 1.66. The van der Waals surface area contributed by atoms with Gasteiger partial charge in [0.15, 0.2) is 0 Å². The summed E-state index contributed by atoms with van der Waals surface area (Å²) in [6.07, 6.45) is 0. The molecule has 0 spiro atoms. The maximum atomic E-state index is 9.82. The third kappa shape index (κ3) is 5.23. The first-order valence-electron chi connectivity index (χ1n) is 2.25. The van der Waals surface area contributed by atoms with Gasteiger partial charge in [0.25, 0.3) is 0 Å². The van der Waals surface area contributed by atoms with E-state index in [-0.39, 0.29) is 0 Å². The van der Waals surface area contributed by atoms with Crippen LogP contribution in [0, 0.1) is 0 Å². The van der Waals surface area contributed by atoms with E-state index in [9.17, 15) is 4.79 Å². The van der Waals surface area contributed by atoms with Crippen molar-refractivity contribution < 1.29 is 9.53 Å². The number of methoxy groups -OCH3 is 1. The van der Waals surface area contributed by atoms with Crippen molar-refractivity contribution in [2.75, 3.05) is 20.3 Å². The molecule has 0 aromatic heterocycles. The molecule has 0 unspecified atom stereocenters. The summed E-state index contributed by atoms with van der Waals surface area (Å²) in [5, 5.41) is 2.25. The molecule has 0 bridgehead atoms. The molecule has 0 saturated carbocycles. The number of amides is 2. The van der Waals surface area contributed by atoms with Crippen molar-refractivity contribution >= 4 is 6.03 Å². The van der Waals surface area contributed by atoms with Crippen LogP contribution in [0.1, 0.15) is 0 Å². The van der Waals surface area contributed by atoms with Gasteiger partial charge in [0.05, 0.1) is 6.61 Å². The Morgan fingerprint density at radius 1 is 1.88 bits per heavy atom. The Hall–Kier alpha value is -0.770. The van der Waals surface area contributed by atoms with Gasteiger partial charge in [0.1, 0.15) is 0 Å². The molecule has 8 heavy (non-hydrogen) atoms. The Bertz CT molecular complexity index is 74.4. The van der Waals surface area contributed by atoms with E-state index in [4.69, 9.17) is 5.73 Å². The monoisotopic (exact) mass is 117 g/mol. The quantitative estimate of drug-likeness (QED) is 0.512. The van der Waals surface area contributed by atoms with Gasteiger partial charge in [-0.3, -0.25) is 0 Å². The number of urea groups is 1. The van der Waals surface area contributed by atoms with Gasteiger partial charge < -0.3 is 10.1 Å². The molecule has 0 saturated heterocycles. The molecule has 2 N–H and O–H groups in total. The summed E-state index contributed by atoms with van der Waals surface area (Å²) in [5.41, 5.74) is 6.35. The van der Waals surface area contributed by atoms with Gasteiger partial charge in [-0.2, -0.15) is 0 Å². The molecule has 2 amide bonds. The predicted octanol–water partition coefficient (Wildman–Crippen LogP) is -0.375. The normalized spacial score (nSPS) is 8.62. The second-order valence-electron chi connectivity index (χ2n) is 1.25. The van der Waals surface area contributed by atoms with E-state index in [1.54, 1.807) is 0 Å². The molecule has 0 heterocycles. The highest BCUT2D eigenvalue weighted by Gasteiger charge is 1.87. The van der Waals surface area contributed by atoms with Crippen LogP contribution in [0.3, 0.4) is 0 Å². The lowest BCUT2D eigenvalue weighted by Gasteiger charge is -1.96. The van der Waals surface area contributed by atoms with Crippen molar-refractivity contribution in [2.24, 2.45) is 0 Å². The van der Waals surface area contributed by atoms with Crippen molar-refractivity contribution in [1.82, 2.24) is 11.1 Å². The van der Waals surface area contributed by atoms with Gasteiger partial charge in [0, 0.05) is 13.7 Å². The first-order valence-corrected chi connectivity index (χ1v) is 2.25. The fraction of sp³-hybridized carbons (Fsp3) is 0.750. The number of carbonyl (C=O) groups is 1. The van der Waals surface area contributed by atoms with E-state index in [2.05, 4.69) is 10.1 Å². The number of nitrogens with one attached hydrogen (secondary N) is 2. The maximum Gasteiger partial charge on any atom is 0.333 e. The molecular formula is C4H9N2O2. The minimum atomic E-state index is -0.762. The molecule has 0 fully saturated rings. The lowest BCUT2D eigenvalue weighted by atomic mass is 10.7. The SMILES string of the molecule is COCCNC([NH])=O. The molecular weight excluding hydrogens is 108 g/mol. The summed E-state index contributed by atoms with van der Waals surface area (Å²) in [6.45, 7) is 0.878. The molecule has 0 atom stereocenters. The van der Waals surface area contributed by atoms with Crippen LogP contribution in [0.5, 0.6) is 0 Å². The Balaban J connectivity index is 2.82. The van der Waals surface area contributed by atoms with Gasteiger partial charge in [-0.1, -0.05) is 0 Å². The lowest BCUT2D eigenvalue weighted by molar-refractivity contribution is 0.197. The first-order chi connectivity index (χ1) is 3.77. The zero-order valence-corrected chi connectivity index (χ0v) is 4.73. The standard InChI is InChI=1S/C4H9N2O2/c1-8-3-2-6-4(5)7/h5H,2-3H2,1H3,(H,6,7). The van der Waals surface area contributed by atoms with Gasteiger partial charge in [-0.15, -0.1) is 0 Å². The number of rotatable bonds is 3. The second kappa shape index (κ2) is 4.39. The maximum absolute atomic E-state index is 9.82. The summed E-state index contributed by atoms with van der Waals surface area (Å²) in [7, 11) is 1.54. The van der Waals surface area contributed by atoms with Crippen molar-refractivity contribution in [3.63, 3.8) is 0 Å². The predicted molar refractivity (Wildman–Crippen MR) is 28.4 cm³/mol. The lowest BCUT2D eigenvalue weighted by Crippen LogP contribution is -2.25. The zero-order chi connectivity index (χ0) is 6.41. The third-order valence-electron chi connectivity index (χ3n) is 0.592. The molecule has 0 aliphatic heterocycles. The van der Waals surface area contributed by atoms with E-state index in [1.807, 2.05) is 0 Å². The largest absolute Gasteiger partial charge is 0.383 e. The minimum absolute atomic E-state index is 0.416. The number of hydrogen-bond acceptors (Lipinski definition) is 2. The smallest absolute Gasteiger partial charge is 0.333 e. The molecule has 0 aromatic carbocycles. The molecule has 0 rings (SSSR count). The van der Waals surface area contributed by atoms with Crippen LogP contribution in [-0.2, 0) is 4.74 Å². The fourth-order valence-corrected chi connectivity index (χ4v) is 0.267. The van der Waals surface area contributed by atoms with E-state index < -0.39 is 6.03 Å². The number of ether oxygens (including phenoxy) is 1. The molecule has 0 aliphatic rings. The Kier molecular flexibility index (Phi) is 3.97. The van der Waals surface area contributed by atoms with Crippen LogP contribution in [0.2, 0.25) is 0 Å². The van der Waals surface area contributed by atoms with E-state index in [0.29, 0.717) is 13.2 Å². The summed E-state index contributed by atoms with van der Waals surface area (Å²) < 4.78 is 4.59. The molecule has 4 nitrogen and oxygen atoms in total. The minimum Gasteiger partial charge on any atom is -0.383 e. The van der Waals surface area contributed by atoms with Crippen molar-refractivity contribution in [3.05, 3.63) is 0 Å². The van der Waals surface area contributed by atoms with Crippen molar-refractivity contribution in [2.45, 2.75) is 0 Å². The van der Waals surface area contributed by atoms with Crippen LogP contribution < -0.4 is 11.1 Å². The van der Waals surface area contributed by atoms with Gasteiger partial charge >= 0.3 is 6.03 Å². The summed E-state index contributed by atoms with van der Waals surface area (Å²) in [6, 6.07) is -0.762. The van der Waals surface area contributed by atoms with Gasteiger partial charge in [-0.25, -0.2) is 10.5 Å². The van der Waals surface area contributed by atoms with E-state index in [0.717, 1.165) is 0 Å². The summed E-state index contributed by atoms with van der Waals surface area (Å²) in [4.78, 5) is 9.82. The number of hydrogen-bond donors (Lipinski definition) is 1. The topological polar surface area (TPSA) is 62.1 Å². The highest BCUT2D eigenvalue weighted by Crippen LogP contribution is 1.62. The Morgan fingerprint density at radius 3 is 2.88 bits per heavy atom. The molecule has 1 radical (unpaired) electrons. The molecule has 0 aromatic rings. The van der Waals surface area contributed by atoms with Crippen LogP contribution in [0.4, 0.5) is 4.79 Å². The Labute approximate surface area is 48.0 Å². The van der Waals surface area contributed by atoms with Crippen molar-refractivity contribution in [3.8, 4) is 0 Å². The van der Waals surface area contributed by atoms with Gasteiger partial charge in [-0.05, 0) is 0 Å². The van der Waals surface area contributed by atoms with E-state index in [1.165, 1.54) is 7.11 Å². The highest BCUT2D eigenvalue weighted by molar-refractivity contribution is 5.70. The first kappa shape index (κ1) is 7.23. The van der Waals surface area contributed by atoms with Crippen LogP contribution in [0.15, 0.2) is 0 Å². The molecule has 0 aliphatic carbocycles. The summed E-state index contributed by atoms with van der Waals surface area (Å²) >= 11 is 0. The van der Waals surface area contributed by atoms with Crippen LogP contribution in [0.25, 0.3) is 0 Å². The van der Waals surface area contributed by atoms with Crippen LogP contribution in [-0.4, -0.2) is 26.3 Å². The fourth-order valence-electron chi connectivity index (χ4n) is 0.267. The third-order valence-corrected chi connectivity index (χ3v) is 0.592. The molecule has 4 heteroatoms. The summed E-state index contributed by atoms with van der Waals surface area (Å²) in [5.74, 6) is 0. The average molecular weight is 117 g/mol. The van der Waals surface area contributed by atoms with Crippen LogP contribution >= 0.6 is 0 Å².